The van der Waals surface area contributed by atoms with Crippen LogP contribution in [0.3, 0.4) is 0 Å². The van der Waals surface area contributed by atoms with Gasteiger partial charge in [-0.05, 0) is 42.0 Å². The van der Waals surface area contributed by atoms with Crippen LogP contribution in [0.15, 0.2) is 42.5 Å². The number of ether oxygens (including phenoxy) is 3. The molecule has 1 aliphatic heterocycles. The van der Waals surface area contributed by atoms with Gasteiger partial charge in [-0.15, -0.1) is 0 Å². The van der Waals surface area contributed by atoms with Gasteiger partial charge >= 0.3 is 0 Å². The smallest absolute Gasteiger partial charge is 0.227 e. The van der Waals surface area contributed by atoms with E-state index in [4.69, 9.17) is 14.2 Å². The normalized spacial score (nSPS) is 16.0. The monoisotopic (exact) mass is 384 g/mol. The van der Waals surface area contributed by atoms with E-state index in [1.54, 1.807) is 44.4 Å². The zero-order valence-corrected chi connectivity index (χ0v) is 16.2. The summed E-state index contributed by atoms with van der Waals surface area (Å²) in [4.78, 5) is 26.6. The maximum absolute atomic E-state index is 12.6. The van der Waals surface area contributed by atoms with Gasteiger partial charge in [-0.1, -0.05) is 0 Å². The highest BCUT2D eigenvalue weighted by atomic mass is 16.5. The van der Waals surface area contributed by atoms with Gasteiger partial charge in [-0.3, -0.25) is 9.59 Å². The number of hydrogen-bond donors (Lipinski definition) is 1. The van der Waals surface area contributed by atoms with Crippen LogP contribution in [0.1, 0.15) is 12.0 Å². The van der Waals surface area contributed by atoms with Crippen LogP contribution in [-0.2, 0) is 16.1 Å². The van der Waals surface area contributed by atoms with Gasteiger partial charge in [0, 0.05) is 31.3 Å². The molecular weight excluding hydrogens is 360 g/mol. The van der Waals surface area contributed by atoms with E-state index in [0.29, 0.717) is 24.6 Å². The lowest BCUT2D eigenvalue weighted by Crippen LogP contribution is -2.32. The van der Waals surface area contributed by atoms with Crippen molar-refractivity contribution < 1.29 is 23.8 Å². The van der Waals surface area contributed by atoms with Gasteiger partial charge in [0.15, 0.2) is 0 Å². The molecule has 1 saturated heterocycles. The number of carbonyl (C=O) groups is 2. The van der Waals surface area contributed by atoms with Crippen LogP contribution >= 0.6 is 0 Å². The van der Waals surface area contributed by atoms with Gasteiger partial charge in [0.2, 0.25) is 11.8 Å². The van der Waals surface area contributed by atoms with E-state index in [2.05, 4.69) is 5.32 Å². The molecule has 1 N–H and O–H groups in total. The van der Waals surface area contributed by atoms with Crippen molar-refractivity contribution in [3.8, 4) is 17.2 Å². The molecule has 7 heteroatoms. The zero-order valence-electron chi connectivity index (χ0n) is 16.2. The molecule has 7 nitrogen and oxygen atoms in total. The van der Waals surface area contributed by atoms with Crippen LogP contribution in [0.25, 0.3) is 0 Å². The second-order valence-corrected chi connectivity index (χ2v) is 6.54. The Balaban J connectivity index is 1.61. The zero-order chi connectivity index (χ0) is 20.1. The predicted octanol–water partition coefficient (Wildman–Crippen LogP) is 2.38. The fourth-order valence-electron chi connectivity index (χ4n) is 3.20. The first-order chi connectivity index (χ1) is 13.5. The molecule has 2 aromatic carbocycles. The number of hydrogen-bond acceptors (Lipinski definition) is 5. The van der Waals surface area contributed by atoms with Crippen LogP contribution in [0.5, 0.6) is 17.2 Å². The summed E-state index contributed by atoms with van der Waals surface area (Å²) in [6, 6.07) is 12.7. The first kappa shape index (κ1) is 19.5. The molecule has 0 aromatic heterocycles. The molecule has 2 amide bonds. The fourth-order valence-corrected chi connectivity index (χ4v) is 3.20. The molecule has 1 heterocycles. The summed E-state index contributed by atoms with van der Waals surface area (Å²) in [5, 5.41) is 2.91. The first-order valence-electron chi connectivity index (χ1n) is 8.98. The minimum atomic E-state index is -0.387. The Morgan fingerprint density at radius 3 is 2.18 bits per heavy atom. The van der Waals surface area contributed by atoms with Crippen molar-refractivity contribution in [2.45, 2.75) is 13.0 Å². The summed E-state index contributed by atoms with van der Waals surface area (Å²) in [7, 11) is 4.75. The molecule has 2 aromatic rings. The van der Waals surface area contributed by atoms with Crippen LogP contribution in [0.4, 0.5) is 5.69 Å². The molecule has 1 unspecified atom stereocenters. The van der Waals surface area contributed by atoms with Gasteiger partial charge in [0.05, 0.1) is 27.2 Å². The van der Waals surface area contributed by atoms with Gasteiger partial charge < -0.3 is 24.4 Å². The molecule has 148 valence electrons. The average molecular weight is 384 g/mol. The number of nitrogens with one attached hydrogen (secondary N) is 1. The second-order valence-electron chi connectivity index (χ2n) is 6.54. The SMILES string of the molecule is COc1ccc(N2CC(C(=O)NCc3cc(OC)cc(OC)c3)CC2=O)cc1. The molecular formula is C21H24N2O5. The highest BCUT2D eigenvalue weighted by Gasteiger charge is 2.35. The number of amides is 2. The minimum Gasteiger partial charge on any atom is -0.497 e. The van der Waals surface area contributed by atoms with Crippen molar-refractivity contribution in [2.75, 3.05) is 32.8 Å². The lowest BCUT2D eigenvalue weighted by molar-refractivity contribution is -0.126. The third kappa shape index (κ3) is 4.36. The Bertz CT molecular complexity index is 828. The Hall–Kier alpha value is -3.22. The van der Waals surface area contributed by atoms with Gasteiger partial charge in [0.1, 0.15) is 17.2 Å². The number of methoxy groups -OCH3 is 3. The quantitative estimate of drug-likeness (QED) is 0.793. The van der Waals surface area contributed by atoms with E-state index in [-0.39, 0.29) is 24.2 Å². The van der Waals surface area contributed by atoms with Crippen molar-refractivity contribution in [3.63, 3.8) is 0 Å². The molecule has 3 rings (SSSR count). The third-order valence-corrected chi connectivity index (χ3v) is 4.76. The number of anilines is 1. The lowest BCUT2D eigenvalue weighted by atomic mass is 10.1. The summed E-state index contributed by atoms with van der Waals surface area (Å²) < 4.78 is 15.6. The van der Waals surface area contributed by atoms with E-state index in [1.807, 2.05) is 24.3 Å². The Morgan fingerprint density at radius 2 is 1.61 bits per heavy atom. The summed E-state index contributed by atoms with van der Waals surface area (Å²) in [6.07, 6.45) is 0.194. The van der Waals surface area contributed by atoms with Gasteiger partial charge in [0.25, 0.3) is 0 Å². The molecule has 0 aliphatic carbocycles. The highest BCUT2D eigenvalue weighted by molar-refractivity contribution is 6.00. The third-order valence-electron chi connectivity index (χ3n) is 4.76. The van der Waals surface area contributed by atoms with Crippen molar-refractivity contribution in [3.05, 3.63) is 48.0 Å². The average Bonchev–Trinajstić information content (AvgIpc) is 3.13. The standard InChI is InChI=1S/C21H24N2O5/c1-26-17-6-4-16(5-7-17)23-13-15(10-20(23)24)21(25)22-12-14-8-18(27-2)11-19(9-14)28-3/h4-9,11,15H,10,12-13H2,1-3H3,(H,22,25). The topological polar surface area (TPSA) is 77.1 Å². The summed E-state index contributed by atoms with van der Waals surface area (Å²) in [6.45, 7) is 0.693. The summed E-state index contributed by atoms with van der Waals surface area (Å²) in [5.41, 5.74) is 1.62. The number of carbonyl (C=O) groups excluding carboxylic acids is 2. The fraction of sp³-hybridized carbons (Fsp3) is 0.333. The van der Waals surface area contributed by atoms with Gasteiger partial charge in [-0.25, -0.2) is 0 Å². The molecule has 28 heavy (non-hydrogen) atoms. The Kier molecular flexibility index (Phi) is 6.03. The van der Waals surface area contributed by atoms with Crippen molar-refractivity contribution >= 4 is 17.5 Å². The van der Waals surface area contributed by atoms with Crippen LogP contribution in [-0.4, -0.2) is 39.7 Å². The van der Waals surface area contributed by atoms with E-state index in [0.717, 1.165) is 17.0 Å². The second kappa shape index (κ2) is 8.65. The Labute approximate surface area is 164 Å². The van der Waals surface area contributed by atoms with Crippen LogP contribution in [0.2, 0.25) is 0 Å². The van der Waals surface area contributed by atoms with Crippen molar-refractivity contribution in [1.82, 2.24) is 5.32 Å². The maximum atomic E-state index is 12.6. The van der Waals surface area contributed by atoms with E-state index < -0.39 is 0 Å². The number of benzene rings is 2. The van der Waals surface area contributed by atoms with Gasteiger partial charge in [-0.2, -0.15) is 0 Å². The van der Waals surface area contributed by atoms with E-state index in [9.17, 15) is 9.59 Å². The molecule has 1 aliphatic rings. The molecule has 1 fully saturated rings. The largest absolute Gasteiger partial charge is 0.497 e. The molecule has 0 saturated carbocycles. The highest BCUT2D eigenvalue weighted by Crippen LogP contribution is 2.27. The summed E-state index contributed by atoms with van der Waals surface area (Å²) >= 11 is 0. The van der Waals surface area contributed by atoms with E-state index >= 15 is 0 Å². The number of rotatable bonds is 7. The van der Waals surface area contributed by atoms with Crippen molar-refractivity contribution in [2.24, 2.45) is 5.92 Å². The molecule has 0 radical (unpaired) electrons. The molecule has 0 spiro atoms. The maximum Gasteiger partial charge on any atom is 0.227 e. The van der Waals surface area contributed by atoms with E-state index in [1.165, 1.54) is 0 Å². The first-order valence-corrected chi connectivity index (χ1v) is 8.98. The molecule has 0 bridgehead atoms. The Morgan fingerprint density at radius 1 is 1.00 bits per heavy atom. The number of nitrogens with zero attached hydrogens (tertiary/aromatic N) is 1. The van der Waals surface area contributed by atoms with Crippen LogP contribution < -0.4 is 24.4 Å². The minimum absolute atomic E-state index is 0.0617. The predicted molar refractivity (Wildman–Crippen MR) is 105 cm³/mol. The van der Waals surface area contributed by atoms with Crippen LogP contribution in [0, 0.1) is 5.92 Å². The summed E-state index contributed by atoms with van der Waals surface area (Å²) in [5.74, 6) is 1.44. The molecule has 1 atom stereocenters. The lowest BCUT2D eigenvalue weighted by Gasteiger charge is -2.17. The van der Waals surface area contributed by atoms with Crippen molar-refractivity contribution in [1.29, 1.82) is 0 Å².